The molecule has 0 bridgehead atoms. The number of benzene rings is 1. The molecule has 2 aromatic rings. The van der Waals surface area contributed by atoms with Crippen LogP contribution in [0.1, 0.15) is 28.2 Å². The standard InChI is InChI=1S/C23H31BrN4O3/c1-17-15-21(18(2)28(17)20-7-5-19(24)6-8-20)23(30)27-12-10-26(11-13-27)16-22(29)25-9-4-14-31-3/h5-8,15H,4,9-14,16H2,1-3H3,(H,25,29). The van der Waals surface area contributed by atoms with Gasteiger partial charge in [0.1, 0.15) is 0 Å². The summed E-state index contributed by atoms with van der Waals surface area (Å²) >= 11 is 3.47. The Balaban J connectivity index is 1.57. The Hall–Kier alpha value is -2.16. The molecule has 1 aliphatic rings. The second-order valence-corrected chi connectivity index (χ2v) is 8.78. The maximum atomic E-state index is 13.2. The molecule has 1 fully saturated rings. The first kappa shape index (κ1) is 23.5. The van der Waals surface area contributed by atoms with Crippen LogP contribution in [-0.2, 0) is 9.53 Å². The van der Waals surface area contributed by atoms with Crippen LogP contribution in [0.3, 0.4) is 0 Å². The number of amides is 2. The fourth-order valence-electron chi connectivity index (χ4n) is 3.95. The lowest BCUT2D eigenvalue weighted by Crippen LogP contribution is -2.51. The Bertz CT molecular complexity index is 902. The number of hydrogen-bond acceptors (Lipinski definition) is 4. The first-order chi connectivity index (χ1) is 14.9. The van der Waals surface area contributed by atoms with E-state index < -0.39 is 0 Å². The Morgan fingerprint density at radius 3 is 2.42 bits per heavy atom. The lowest BCUT2D eigenvalue weighted by Gasteiger charge is -2.34. The molecule has 0 unspecified atom stereocenters. The van der Waals surface area contributed by atoms with Crippen LogP contribution in [0.4, 0.5) is 0 Å². The largest absolute Gasteiger partial charge is 0.385 e. The minimum absolute atomic E-state index is 0.0222. The van der Waals surface area contributed by atoms with Crippen molar-refractivity contribution in [2.24, 2.45) is 0 Å². The molecule has 3 rings (SSSR count). The molecule has 1 aliphatic heterocycles. The SMILES string of the molecule is COCCCNC(=O)CN1CCN(C(=O)c2cc(C)n(-c3ccc(Br)cc3)c2C)CC1. The number of aromatic nitrogens is 1. The fourth-order valence-corrected chi connectivity index (χ4v) is 4.21. The third-order valence-electron chi connectivity index (χ3n) is 5.62. The van der Waals surface area contributed by atoms with Gasteiger partial charge in [0.25, 0.3) is 5.91 Å². The van der Waals surface area contributed by atoms with Crippen molar-refractivity contribution in [2.45, 2.75) is 20.3 Å². The zero-order valence-electron chi connectivity index (χ0n) is 18.5. The number of piperazine rings is 1. The summed E-state index contributed by atoms with van der Waals surface area (Å²) in [5.74, 6) is 0.0778. The second kappa shape index (κ2) is 10.9. The van der Waals surface area contributed by atoms with Crippen molar-refractivity contribution in [3.05, 3.63) is 51.8 Å². The number of aryl methyl sites for hydroxylation is 1. The molecule has 8 heteroatoms. The fraction of sp³-hybridized carbons (Fsp3) is 0.478. The minimum atomic E-state index is 0.0222. The molecule has 2 heterocycles. The number of nitrogens with zero attached hydrogens (tertiary/aromatic N) is 3. The monoisotopic (exact) mass is 490 g/mol. The van der Waals surface area contributed by atoms with Gasteiger partial charge in [0.15, 0.2) is 0 Å². The van der Waals surface area contributed by atoms with Crippen molar-refractivity contribution < 1.29 is 14.3 Å². The van der Waals surface area contributed by atoms with Gasteiger partial charge >= 0.3 is 0 Å². The van der Waals surface area contributed by atoms with E-state index in [2.05, 4.69) is 30.7 Å². The highest BCUT2D eigenvalue weighted by molar-refractivity contribution is 9.10. The summed E-state index contributed by atoms with van der Waals surface area (Å²) in [4.78, 5) is 29.3. The number of nitrogens with one attached hydrogen (secondary N) is 1. The predicted octanol–water partition coefficient (Wildman–Crippen LogP) is 2.77. The summed E-state index contributed by atoms with van der Waals surface area (Å²) in [7, 11) is 1.65. The number of halogens is 1. The lowest BCUT2D eigenvalue weighted by atomic mass is 10.2. The minimum Gasteiger partial charge on any atom is -0.385 e. The van der Waals surface area contributed by atoms with E-state index in [9.17, 15) is 9.59 Å². The summed E-state index contributed by atoms with van der Waals surface area (Å²) in [5.41, 5.74) is 3.76. The van der Waals surface area contributed by atoms with E-state index in [0.717, 1.165) is 33.5 Å². The highest BCUT2D eigenvalue weighted by Gasteiger charge is 2.26. The van der Waals surface area contributed by atoms with Gasteiger partial charge in [-0.2, -0.15) is 0 Å². The summed E-state index contributed by atoms with van der Waals surface area (Å²) in [6, 6.07) is 10.1. The van der Waals surface area contributed by atoms with Crippen LogP contribution in [0, 0.1) is 13.8 Å². The zero-order valence-corrected chi connectivity index (χ0v) is 20.1. The number of ether oxygens (including phenoxy) is 1. The molecule has 1 N–H and O–H groups in total. The molecule has 0 atom stereocenters. The Morgan fingerprint density at radius 1 is 1.10 bits per heavy atom. The third-order valence-corrected chi connectivity index (χ3v) is 6.15. The van der Waals surface area contributed by atoms with E-state index in [-0.39, 0.29) is 11.8 Å². The maximum Gasteiger partial charge on any atom is 0.255 e. The third kappa shape index (κ3) is 5.96. The lowest BCUT2D eigenvalue weighted by molar-refractivity contribution is -0.122. The van der Waals surface area contributed by atoms with Crippen molar-refractivity contribution >= 4 is 27.7 Å². The molecule has 0 radical (unpaired) electrons. The molecular formula is C23H31BrN4O3. The second-order valence-electron chi connectivity index (χ2n) is 7.86. The summed E-state index contributed by atoms with van der Waals surface area (Å²) in [6.45, 7) is 8.29. The van der Waals surface area contributed by atoms with Gasteiger partial charge in [-0.05, 0) is 50.6 Å². The zero-order chi connectivity index (χ0) is 22.4. The van der Waals surface area contributed by atoms with Gasteiger partial charge in [-0.3, -0.25) is 14.5 Å². The quantitative estimate of drug-likeness (QED) is 0.577. The van der Waals surface area contributed by atoms with E-state index >= 15 is 0 Å². The Morgan fingerprint density at radius 2 is 1.77 bits per heavy atom. The predicted molar refractivity (Wildman–Crippen MR) is 125 cm³/mol. The van der Waals surface area contributed by atoms with Crippen LogP contribution < -0.4 is 5.32 Å². The van der Waals surface area contributed by atoms with E-state index in [1.54, 1.807) is 7.11 Å². The van der Waals surface area contributed by atoms with Gasteiger partial charge in [0, 0.05) is 68.0 Å². The van der Waals surface area contributed by atoms with Crippen LogP contribution >= 0.6 is 15.9 Å². The number of hydrogen-bond donors (Lipinski definition) is 1. The molecule has 31 heavy (non-hydrogen) atoms. The van der Waals surface area contributed by atoms with Gasteiger partial charge in [-0.1, -0.05) is 15.9 Å². The molecule has 7 nitrogen and oxygen atoms in total. The van der Waals surface area contributed by atoms with Crippen LogP contribution in [0.2, 0.25) is 0 Å². The van der Waals surface area contributed by atoms with E-state index in [1.807, 2.05) is 49.1 Å². The van der Waals surface area contributed by atoms with Crippen molar-refractivity contribution in [1.82, 2.24) is 19.7 Å². The van der Waals surface area contributed by atoms with Gasteiger partial charge in [0.2, 0.25) is 5.91 Å². The Labute approximate surface area is 192 Å². The highest BCUT2D eigenvalue weighted by atomic mass is 79.9. The summed E-state index contributed by atoms with van der Waals surface area (Å²) in [5, 5.41) is 2.91. The normalized spacial score (nSPS) is 14.6. The van der Waals surface area contributed by atoms with E-state index in [4.69, 9.17) is 4.74 Å². The Kier molecular flexibility index (Phi) is 8.28. The van der Waals surface area contributed by atoms with Crippen LogP contribution in [0.15, 0.2) is 34.8 Å². The van der Waals surface area contributed by atoms with Crippen molar-refractivity contribution in [3.8, 4) is 5.69 Å². The van der Waals surface area contributed by atoms with Crippen LogP contribution in [0.25, 0.3) is 5.69 Å². The van der Waals surface area contributed by atoms with Crippen LogP contribution in [-0.4, -0.2) is 79.2 Å². The molecule has 168 valence electrons. The molecule has 2 amide bonds. The smallest absolute Gasteiger partial charge is 0.255 e. The average molecular weight is 491 g/mol. The molecule has 1 aromatic carbocycles. The molecule has 1 saturated heterocycles. The van der Waals surface area contributed by atoms with Crippen molar-refractivity contribution in [1.29, 1.82) is 0 Å². The van der Waals surface area contributed by atoms with E-state index in [1.165, 1.54) is 0 Å². The summed E-state index contributed by atoms with van der Waals surface area (Å²) in [6.07, 6.45) is 0.809. The summed E-state index contributed by atoms with van der Waals surface area (Å²) < 4.78 is 8.13. The number of methoxy groups -OCH3 is 1. The molecule has 1 aromatic heterocycles. The van der Waals surface area contributed by atoms with Crippen LogP contribution in [0.5, 0.6) is 0 Å². The average Bonchev–Trinajstić information content (AvgIpc) is 3.06. The van der Waals surface area contributed by atoms with Crippen molar-refractivity contribution in [3.63, 3.8) is 0 Å². The first-order valence-corrected chi connectivity index (χ1v) is 11.4. The number of carbonyl (C=O) groups is 2. The van der Waals surface area contributed by atoms with Crippen molar-refractivity contribution in [2.75, 3.05) is 53.0 Å². The molecule has 0 spiro atoms. The molecule has 0 saturated carbocycles. The maximum absolute atomic E-state index is 13.2. The van der Waals surface area contributed by atoms with Gasteiger partial charge in [0.05, 0.1) is 12.1 Å². The topological polar surface area (TPSA) is 66.8 Å². The molecular weight excluding hydrogens is 460 g/mol. The highest BCUT2D eigenvalue weighted by Crippen LogP contribution is 2.23. The molecule has 0 aliphatic carbocycles. The van der Waals surface area contributed by atoms with E-state index in [0.29, 0.717) is 45.9 Å². The number of carbonyl (C=O) groups excluding carboxylic acids is 2. The number of rotatable bonds is 8. The first-order valence-electron chi connectivity index (χ1n) is 10.6. The van der Waals surface area contributed by atoms with Gasteiger partial charge < -0.3 is 19.5 Å². The van der Waals surface area contributed by atoms with Gasteiger partial charge in [-0.25, -0.2) is 0 Å². The van der Waals surface area contributed by atoms with Gasteiger partial charge in [-0.15, -0.1) is 0 Å².